The minimum absolute atomic E-state index is 0.188. The van der Waals surface area contributed by atoms with Gasteiger partial charge in [-0.15, -0.1) is 0 Å². The maximum absolute atomic E-state index is 12.4. The third-order valence-electron chi connectivity index (χ3n) is 4.69. The molecular formula is C24H24N6O2. The van der Waals surface area contributed by atoms with E-state index in [0.717, 1.165) is 34.7 Å². The SMILES string of the molecule is Cc1cccc(C)c1NC(=O)/C(C#N)=C/NN/C=C(\C#N)C(=O)Nc1c(C)cccc1C. The first kappa shape index (κ1) is 23.7. The van der Waals surface area contributed by atoms with Crippen molar-refractivity contribution in [2.45, 2.75) is 27.7 Å². The molecule has 2 aromatic rings. The summed E-state index contributed by atoms with van der Waals surface area (Å²) in [5, 5.41) is 24.0. The Hall–Kier alpha value is -4.56. The van der Waals surface area contributed by atoms with Crippen LogP contribution < -0.4 is 21.5 Å². The van der Waals surface area contributed by atoms with Crippen LogP contribution in [0.2, 0.25) is 0 Å². The minimum atomic E-state index is -0.587. The van der Waals surface area contributed by atoms with Crippen LogP contribution in [-0.4, -0.2) is 11.8 Å². The molecule has 32 heavy (non-hydrogen) atoms. The average Bonchev–Trinajstić information content (AvgIpc) is 2.76. The number of rotatable bonds is 7. The molecule has 0 bridgehead atoms. The third-order valence-corrected chi connectivity index (χ3v) is 4.69. The molecule has 0 aliphatic rings. The van der Waals surface area contributed by atoms with Gasteiger partial charge in [-0.2, -0.15) is 10.5 Å². The van der Waals surface area contributed by atoms with E-state index >= 15 is 0 Å². The third kappa shape index (κ3) is 5.97. The van der Waals surface area contributed by atoms with Gasteiger partial charge in [-0.05, 0) is 49.9 Å². The van der Waals surface area contributed by atoms with Crippen LogP contribution in [0.5, 0.6) is 0 Å². The van der Waals surface area contributed by atoms with Crippen LogP contribution in [-0.2, 0) is 9.59 Å². The van der Waals surface area contributed by atoms with E-state index < -0.39 is 11.8 Å². The van der Waals surface area contributed by atoms with Crippen LogP contribution >= 0.6 is 0 Å². The number of carbonyl (C=O) groups excluding carboxylic acids is 2. The standard InChI is InChI=1S/C24H24N6O2/c1-15-7-5-8-16(2)21(15)29-23(31)19(11-25)13-27-28-14-20(12-26)24(32)30-22-17(3)9-6-10-18(22)4/h5-10,13-14,27-28H,1-4H3,(H,29,31)(H,30,32)/b19-13+,20-14+. The zero-order valence-corrected chi connectivity index (χ0v) is 18.3. The number of para-hydroxylation sites is 2. The van der Waals surface area contributed by atoms with E-state index in [1.54, 1.807) is 0 Å². The molecule has 0 unspecified atom stereocenters. The quantitative estimate of drug-likeness (QED) is 0.231. The summed E-state index contributed by atoms with van der Waals surface area (Å²) < 4.78 is 0. The molecule has 0 heterocycles. The second kappa shape index (κ2) is 11.0. The normalized spacial score (nSPS) is 11.1. The van der Waals surface area contributed by atoms with Crippen molar-refractivity contribution in [2.75, 3.05) is 10.6 Å². The van der Waals surface area contributed by atoms with Crippen LogP contribution in [0.3, 0.4) is 0 Å². The van der Waals surface area contributed by atoms with E-state index in [2.05, 4.69) is 21.5 Å². The highest BCUT2D eigenvalue weighted by molar-refractivity contribution is 6.07. The Morgan fingerprint density at radius 2 is 1.00 bits per heavy atom. The van der Waals surface area contributed by atoms with Crippen molar-refractivity contribution < 1.29 is 9.59 Å². The molecule has 0 atom stereocenters. The number of nitriles is 2. The van der Waals surface area contributed by atoms with E-state index in [0.29, 0.717) is 11.4 Å². The fourth-order valence-corrected chi connectivity index (χ4v) is 2.91. The Morgan fingerprint density at radius 3 is 1.28 bits per heavy atom. The van der Waals surface area contributed by atoms with E-state index in [9.17, 15) is 20.1 Å². The van der Waals surface area contributed by atoms with Crippen LogP contribution in [0.15, 0.2) is 59.9 Å². The zero-order valence-electron chi connectivity index (χ0n) is 18.3. The molecule has 8 nitrogen and oxygen atoms in total. The van der Waals surface area contributed by atoms with Crippen LogP contribution in [0.1, 0.15) is 22.3 Å². The highest BCUT2D eigenvalue weighted by atomic mass is 16.2. The summed E-state index contributed by atoms with van der Waals surface area (Å²) in [6, 6.07) is 14.8. The number of amides is 2. The lowest BCUT2D eigenvalue weighted by Crippen LogP contribution is -2.26. The van der Waals surface area contributed by atoms with E-state index in [4.69, 9.17) is 0 Å². The van der Waals surface area contributed by atoms with E-state index in [1.165, 1.54) is 0 Å². The number of anilines is 2. The second-order valence-electron chi connectivity index (χ2n) is 7.07. The Labute approximate surface area is 187 Å². The maximum Gasteiger partial charge on any atom is 0.267 e. The lowest BCUT2D eigenvalue weighted by Gasteiger charge is -2.11. The van der Waals surface area contributed by atoms with Gasteiger partial charge >= 0.3 is 0 Å². The monoisotopic (exact) mass is 428 g/mol. The van der Waals surface area contributed by atoms with Gasteiger partial charge in [0.1, 0.15) is 23.3 Å². The topological polar surface area (TPSA) is 130 Å². The Morgan fingerprint density at radius 1 is 0.688 bits per heavy atom. The molecule has 8 heteroatoms. The van der Waals surface area contributed by atoms with Gasteiger partial charge in [0, 0.05) is 23.8 Å². The van der Waals surface area contributed by atoms with Gasteiger partial charge in [0.05, 0.1) is 0 Å². The summed E-state index contributed by atoms with van der Waals surface area (Å²) in [7, 11) is 0. The molecule has 0 aliphatic heterocycles. The first-order valence-corrected chi connectivity index (χ1v) is 9.75. The number of nitrogens with zero attached hydrogens (tertiary/aromatic N) is 2. The molecule has 162 valence electrons. The number of hydrogen-bond donors (Lipinski definition) is 4. The van der Waals surface area contributed by atoms with Crippen molar-refractivity contribution >= 4 is 23.2 Å². The average molecular weight is 428 g/mol. The number of nitrogens with one attached hydrogen (secondary N) is 4. The van der Waals surface area contributed by atoms with Gasteiger partial charge in [-0.1, -0.05) is 36.4 Å². The second-order valence-corrected chi connectivity index (χ2v) is 7.07. The fraction of sp³-hybridized carbons (Fsp3) is 0.167. The molecule has 0 fully saturated rings. The fourth-order valence-electron chi connectivity index (χ4n) is 2.91. The molecule has 0 saturated carbocycles. The van der Waals surface area contributed by atoms with Crippen molar-refractivity contribution in [3.63, 3.8) is 0 Å². The van der Waals surface area contributed by atoms with E-state index in [-0.39, 0.29) is 11.1 Å². The zero-order chi connectivity index (χ0) is 23.7. The molecule has 2 amide bonds. The first-order valence-electron chi connectivity index (χ1n) is 9.75. The number of benzene rings is 2. The summed E-state index contributed by atoms with van der Waals surface area (Å²) in [6.45, 7) is 7.43. The Kier molecular flexibility index (Phi) is 8.15. The lowest BCUT2D eigenvalue weighted by atomic mass is 10.1. The van der Waals surface area contributed by atoms with Crippen molar-refractivity contribution in [1.29, 1.82) is 10.5 Å². The highest BCUT2D eigenvalue weighted by Gasteiger charge is 2.13. The highest BCUT2D eigenvalue weighted by Crippen LogP contribution is 2.21. The molecule has 0 aromatic heterocycles. The molecule has 0 spiro atoms. The molecule has 0 saturated heterocycles. The van der Waals surface area contributed by atoms with Crippen LogP contribution in [0.4, 0.5) is 11.4 Å². The lowest BCUT2D eigenvalue weighted by molar-refractivity contribution is -0.113. The van der Waals surface area contributed by atoms with Crippen molar-refractivity contribution in [2.24, 2.45) is 0 Å². The molecule has 2 aromatic carbocycles. The number of aryl methyl sites for hydroxylation is 4. The van der Waals surface area contributed by atoms with E-state index in [1.807, 2.05) is 76.2 Å². The smallest absolute Gasteiger partial charge is 0.267 e. The molecule has 2 rings (SSSR count). The summed E-state index contributed by atoms with van der Waals surface area (Å²) in [5.41, 5.74) is 9.47. The van der Waals surface area contributed by atoms with Gasteiger partial charge in [0.15, 0.2) is 0 Å². The van der Waals surface area contributed by atoms with Gasteiger partial charge in [0.2, 0.25) is 0 Å². The van der Waals surface area contributed by atoms with Crippen molar-refractivity contribution in [1.82, 2.24) is 10.9 Å². The predicted molar refractivity (Wildman–Crippen MR) is 123 cm³/mol. The summed E-state index contributed by atoms with van der Waals surface area (Å²) in [5.74, 6) is -1.17. The van der Waals surface area contributed by atoms with Gasteiger partial charge in [-0.25, -0.2) is 0 Å². The minimum Gasteiger partial charge on any atom is -0.321 e. The molecule has 4 N–H and O–H groups in total. The Balaban J connectivity index is 2.04. The summed E-state index contributed by atoms with van der Waals surface area (Å²) >= 11 is 0. The van der Waals surface area contributed by atoms with Crippen molar-refractivity contribution in [3.8, 4) is 12.1 Å². The summed E-state index contributed by atoms with van der Waals surface area (Å²) in [4.78, 5) is 24.8. The number of carbonyl (C=O) groups is 2. The van der Waals surface area contributed by atoms with Gasteiger partial charge in [0.25, 0.3) is 11.8 Å². The van der Waals surface area contributed by atoms with Gasteiger partial charge < -0.3 is 21.5 Å². The largest absolute Gasteiger partial charge is 0.321 e. The number of hydrazine groups is 1. The Bertz CT molecular complexity index is 1050. The van der Waals surface area contributed by atoms with Gasteiger partial charge in [-0.3, -0.25) is 9.59 Å². The molecule has 0 radical (unpaired) electrons. The summed E-state index contributed by atoms with van der Waals surface area (Å²) in [6.07, 6.45) is 2.30. The van der Waals surface area contributed by atoms with Crippen molar-refractivity contribution in [3.05, 3.63) is 82.2 Å². The van der Waals surface area contributed by atoms with Crippen LogP contribution in [0.25, 0.3) is 0 Å². The molecular weight excluding hydrogens is 404 g/mol. The molecule has 0 aliphatic carbocycles. The number of hydrogen-bond acceptors (Lipinski definition) is 6. The first-order chi connectivity index (χ1) is 15.3. The van der Waals surface area contributed by atoms with Crippen LogP contribution in [0, 0.1) is 50.4 Å². The predicted octanol–water partition coefficient (Wildman–Crippen LogP) is 3.41. The maximum atomic E-state index is 12.4.